The van der Waals surface area contributed by atoms with E-state index in [2.05, 4.69) is 5.32 Å². The van der Waals surface area contributed by atoms with Gasteiger partial charge in [-0.25, -0.2) is 8.42 Å². The van der Waals surface area contributed by atoms with Crippen molar-refractivity contribution in [3.05, 3.63) is 22.7 Å². The Morgan fingerprint density at radius 1 is 1.29 bits per heavy atom. The number of nitrogen functional groups attached to an aromatic ring is 1. The third kappa shape index (κ3) is 4.91. The third-order valence-electron chi connectivity index (χ3n) is 4.18. The molecule has 2 rings (SSSR count). The van der Waals surface area contributed by atoms with Gasteiger partial charge in [-0.3, -0.25) is 4.79 Å². The zero-order chi connectivity index (χ0) is 17.2. The van der Waals surface area contributed by atoms with Crippen molar-refractivity contribution in [1.82, 2.24) is 5.32 Å². The molecular formula is C15H22Cl2N2O4S. The number of anilines is 1. The first-order valence-corrected chi connectivity index (χ1v) is 9.68. The van der Waals surface area contributed by atoms with Crippen LogP contribution < -0.4 is 15.8 Å². The van der Waals surface area contributed by atoms with E-state index in [-0.39, 0.29) is 34.6 Å². The van der Waals surface area contributed by atoms with E-state index in [0.29, 0.717) is 42.7 Å². The van der Waals surface area contributed by atoms with Crippen molar-refractivity contribution in [1.29, 1.82) is 0 Å². The molecule has 0 aromatic heterocycles. The molecule has 0 radical (unpaired) electrons. The summed E-state index contributed by atoms with van der Waals surface area (Å²) in [5.41, 5.74) is 6.36. The van der Waals surface area contributed by atoms with Crippen LogP contribution in [0.2, 0.25) is 5.02 Å². The molecule has 1 fully saturated rings. The quantitative estimate of drug-likeness (QED) is 0.761. The maximum Gasteiger partial charge on any atom is 0.255 e. The number of halogens is 2. The zero-order valence-electron chi connectivity index (χ0n) is 13.5. The van der Waals surface area contributed by atoms with Crippen molar-refractivity contribution >= 4 is 45.4 Å². The van der Waals surface area contributed by atoms with Gasteiger partial charge in [0.05, 0.1) is 28.6 Å². The van der Waals surface area contributed by atoms with Gasteiger partial charge in [0.25, 0.3) is 5.91 Å². The number of ether oxygens (including phenoxy) is 1. The Labute approximate surface area is 153 Å². The summed E-state index contributed by atoms with van der Waals surface area (Å²) in [4.78, 5) is 12.4. The summed E-state index contributed by atoms with van der Waals surface area (Å²) in [6, 6.07) is 2.94. The Balaban J connectivity index is 0.00000288. The third-order valence-corrected chi connectivity index (χ3v) is 6.19. The van der Waals surface area contributed by atoms with Gasteiger partial charge < -0.3 is 15.8 Å². The van der Waals surface area contributed by atoms with Gasteiger partial charge in [0.2, 0.25) is 0 Å². The standard InChI is InChI=1S/C15H21ClN2O4S.ClH/c1-22-14-8-13(17)12(16)7-11(14)15(19)18-9-3-5-10(6-4-9)23(2,20)21;/h7-10H,3-6,17H2,1-2H3,(H,18,19);1H. The lowest BCUT2D eigenvalue weighted by Crippen LogP contribution is -2.40. The van der Waals surface area contributed by atoms with E-state index in [4.69, 9.17) is 22.1 Å². The van der Waals surface area contributed by atoms with Crippen molar-refractivity contribution < 1.29 is 17.9 Å². The molecule has 0 spiro atoms. The molecule has 24 heavy (non-hydrogen) atoms. The topological polar surface area (TPSA) is 98.5 Å². The van der Waals surface area contributed by atoms with Crippen LogP contribution in [0.1, 0.15) is 36.0 Å². The van der Waals surface area contributed by atoms with Gasteiger partial charge in [-0.1, -0.05) is 11.6 Å². The normalized spacial score (nSPS) is 20.8. The molecular weight excluding hydrogens is 375 g/mol. The molecule has 0 unspecified atom stereocenters. The fourth-order valence-corrected chi connectivity index (χ4v) is 4.11. The van der Waals surface area contributed by atoms with Gasteiger partial charge in [0, 0.05) is 18.4 Å². The van der Waals surface area contributed by atoms with Crippen molar-refractivity contribution in [3.8, 4) is 5.75 Å². The van der Waals surface area contributed by atoms with Crippen LogP contribution in [0.4, 0.5) is 5.69 Å². The Morgan fingerprint density at radius 3 is 2.38 bits per heavy atom. The van der Waals surface area contributed by atoms with Crippen molar-refractivity contribution in [3.63, 3.8) is 0 Å². The summed E-state index contributed by atoms with van der Waals surface area (Å²) in [7, 11) is -1.56. The predicted molar refractivity (Wildman–Crippen MR) is 98.0 cm³/mol. The number of nitrogens with one attached hydrogen (secondary N) is 1. The van der Waals surface area contributed by atoms with Crippen LogP contribution in [0, 0.1) is 0 Å². The van der Waals surface area contributed by atoms with Crippen LogP contribution in [0.15, 0.2) is 12.1 Å². The molecule has 6 nitrogen and oxygen atoms in total. The van der Waals surface area contributed by atoms with E-state index in [1.54, 1.807) is 0 Å². The molecule has 136 valence electrons. The number of carbonyl (C=O) groups excluding carboxylic acids is 1. The van der Waals surface area contributed by atoms with E-state index in [1.807, 2.05) is 0 Å². The van der Waals surface area contributed by atoms with Crippen LogP contribution in [-0.4, -0.2) is 39.0 Å². The number of rotatable bonds is 4. The van der Waals surface area contributed by atoms with E-state index >= 15 is 0 Å². The van der Waals surface area contributed by atoms with Crippen molar-refractivity contribution in [2.45, 2.75) is 37.0 Å². The fraction of sp³-hybridized carbons (Fsp3) is 0.533. The molecule has 0 saturated heterocycles. The molecule has 1 aliphatic rings. The first kappa shape index (κ1) is 20.9. The minimum atomic E-state index is -3.02. The lowest BCUT2D eigenvalue weighted by Gasteiger charge is -2.28. The van der Waals surface area contributed by atoms with Gasteiger partial charge in [-0.05, 0) is 31.7 Å². The van der Waals surface area contributed by atoms with E-state index in [0.717, 1.165) is 0 Å². The number of carbonyl (C=O) groups is 1. The molecule has 9 heteroatoms. The highest BCUT2D eigenvalue weighted by Gasteiger charge is 2.29. The number of sulfone groups is 1. The summed E-state index contributed by atoms with van der Waals surface area (Å²) in [6.45, 7) is 0. The SMILES string of the molecule is COc1cc(N)c(Cl)cc1C(=O)NC1CCC(S(C)(=O)=O)CC1.Cl. The number of hydrogen-bond donors (Lipinski definition) is 2. The monoisotopic (exact) mass is 396 g/mol. The summed E-state index contributed by atoms with van der Waals surface area (Å²) in [5.74, 6) is 0.0563. The second-order valence-corrected chi connectivity index (χ2v) is 8.58. The molecule has 0 aliphatic heterocycles. The Hall–Kier alpha value is -1.18. The first-order valence-electron chi connectivity index (χ1n) is 7.35. The van der Waals surface area contributed by atoms with Crippen LogP contribution in [0.5, 0.6) is 5.75 Å². The van der Waals surface area contributed by atoms with Crippen LogP contribution >= 0.6 is 24.0 Å². The average molecular weight is 397 g/mol. The first-order chi connectivity index (χ1) is 10.7. The highest BCUT2D eigenvalue weighted by atomic mass is 35.5. The van der Waals surface area contributed by atoms with Crippen molar-refractivity contribution in [2.75, 3.05) is 19.1 Å². The van der Waals surface area contributed by atoms with Gasteiger partial charge in [-0.2, -0.15) is 0 Å². The van der Waals surface area contributed by atoms with E-state index in [1.165, 1.54) is 25.5 Å². The highest BCUT2D eigenvalue weighted by molar-refractivity contribution is 7.91. The smallest absolute Gasteiger partial charge is 0.255 e. The molecule has 0 heterocycles. The van der Waals surface area contributed by atoms with E-state index in [9.17, 15) is 13.2 Å². The molecule has 0 bridgehead atoms. The number of nitrogens with two attached hydrogens (primary N) is 1. The number of benzene rings is 1. The van der Waals surface area contributed by atoms with Gasteiger partial charge in [0.1, 0.15) is 15.6 Å². The predicted octanol–water partition coefficient (Wildman–Crippen LogP) is 2.44. The number of amides is 1. The zero-order valence-corrected chi connectivity index (χ0v) is 15.9. The Morgan fingerprint density at radius 2 is 1.88 bits per heavy atom. The second kappa shape index (κ2) is 8.27. The maximum atomic E-state index is 12.4. The second-order valence-electron chi connectivity index (χ2n) is 5.85. The average Bonchev–Trinajstić information content (AvgIpc) is 2.49. The number of hydrogen-bond acceptors (Lipinski definition) is 5. The maximum absolute atomic E-state index is 12.4. The largest absolute Gasteiger partial charge is 0.496 e. The Kier molecular flexibility index (Phi) is 7.19. The van der Waals surface area contributed by atoms with Gasteiger partial charge in [-0.15, -0.1) is 12.4 Å². The van der Waals surface area contributed by atoms with Crippen LogP contribution in [0.3, 0.4) is 0 Å². The van der Waals surface area contributed by atoms with Crippen LogP contribution in [0.25, 0.3) is 0 Å². The Bertz CT molecular complexity index is 702. The summed E-state index contributed by atoms with van der Waals surface area (Å²) in [6.07, 6.45) is 3.65. The molecule has 1 aromatic rings. The van der Waals surface area contributed by atoms with Crippen LogP contribution in [-0.2, 0) is 9.84 Å². The lowest BCUT2D eigenvalue weighted by molar-refractivity contribution is 0.0925. The summed E-state index contributed by atoms with van der Waals surface area (Å²) < 4.78 is 28.3. The fourth-order valence-electron chi connectivity index (χ4n) is 2.81. The summed E-state index contributed by atoms with van der Waals surface area (Å²) in [5, 5.41) is 2.89. The lowest BCUT2D eigenvalue weighted by atomic mass is 9.94. The number of methoxy groups -OCH3 is 1. The van der Waals surface area contributed by atoms with Gasteiger partial charge in [0.15, 0.2) is 0 Å². The molecule has 1 aromatic carbocycles. The molecule has 1 amide bonds. The molecule has 3 N–H and O–H groups in total. The summed E-state index contributed by atoms with van der Waals surface area (Å²) >= 11 is 5.97. The molecule has 1 saturated carbocycles. The van der Waals surface area contributed by atoms with Gasteiger partial charge >= 0.3 is 0 Å². The highest BCUT2D eigenvalue weighted by Crippen LogP contribution is 2.29. The van der Waals surface area contributed by atoms with Crippen molar-refractivity contribution in [2.24, 2.45) is 0 Å². The minimum absolute atomic E-state index is 0. The molecule has 1 aliphatic carbocycles. The molecule has 0 atom stereocenters. The van der Waals surface area contributed by atoms with E-state index < -0.39 is 9.84 Å². The minimum Gasteiger partial charge on any atom is -0.496 e.